The van der Waals surface area contributed by atoms with Gasteiger partial charge in [0.05, 0.1) is 0 Å². The number of halogens is 2. The second-order valence-corrected chi connectivity index (χ2v) is 2.97. The molecular weight excluding hydrogens is 200 g/mol. The fraction of sp³-hybridized carbons (Fsp3) is 0. The van der Waals surface area contributed by atoms with Crippen LogP contribution in [0.2, 0.25) is 0 Å². The zero-order chi connectivity index (χ0) is 10.8. The third kappa shape index (κ3) is 1.66. The molecule has 1 N–H and O–H groups in total. The first-order valence-electron chi connectivity index (χ1n) is 4.28. The van der Waals surface area contributed by atoms with Gasteiger partial charge in [-0.2, -0.15) is 0 Å². The quantitative estimate of drug-likeness (QED) is 0.779. The number of hydrogen-bond donors (Lipinski definition) is 1. The van der Waals surface area contributed by atoms with Gasteiger partial charge in [0.15, 0.2) is 11.6 Å². The standard InChI is InChI=1S/C11H7F2NO/c12-8-4-1-3-7(10(8)13)11-9(15)5-2-6-14-11/h1-6,15H. The first-order chi connectivity index (χ1) is 7.20. The van der Waals surface area contributed by atoms with Crippen molar-refractivity contribution in [2.24, 2.45) is 0 Å². The number of aromatic nitrogens is 1. The highest BCUT2D eigenvalue weighted by molar-refractivity contribution is 5.66. The Balaban J connectivity index is 2.65. The molecule has 0 fully saturated rings. The predicted molar refractivity (Wildman–Crippen MR) is 51.3 cm³/mol. The highest BCUT2D eigenvalue weighted by atomic mass is 19.2. The van der Waals surface area contributed by atoms with Crippen molar-refractivity contribution in [2.75, 3.05) is 0 Å². The molecule has 0 amide bonds. The molecular formula is C11H7F2NO. The van der Waals surface area contributed by atoms with Gasteiger partial charge in [0, 0.05) is 11.8 Å². The highest BCUT2D eigenvalue weighted by Crippen LogP contribution is 2.29. The average molecular weight is 207 g/mol. The number of pyridine rings is 1. The summed E-state index contributed by atoms with van der Waals surface area (Å²) >= 11 is 0. The maximum atomic E-state index is 13.3. The fourth-order valence-corrected chi connectivity index (χ4v) is 1.29. The van der Waals surface area contributed by atoms with E-state index in [4.69, 9.17) is 0 Å². The van der Waals surface area contributed by atoms with Crippen molar-refractivity contribution in [2.45, 2.75) is 0 Å². The van der Waals surface area contributed by atoms with Crippen LogP contribution in [0.25, 0.3) is 11.3 Å². The molecule has 2 aromatic rings. The van der Waals surface area contributed by atoms with Crippen molar-refractivity contribution >= 4 is 0 Å². The van der Waals surface area contributed by atoms with Crippen LogP contribution >= 0.6 is 0 Å². The molecule has 15 heavy (non-hydrogen) atoms. The Morgan fingerprint density at radius 3 is 2.60 bits per heavy atom. The molecule has 0 spiro atoms. The predicted octanol–water partition coefficient (Wildman–Crippen LogP) is 2.73. The molecule has 0 atom stereocenters. The van der Waals surface area contributed by atoms with E-state index in [1.54, 1.807) is 0 Å². The summed E-state index contributed by atoms with van der Waals surface area (Å²) in [5.74, 6) is -2.15. The number of nitrogens with zero attached hydrogens (tertiary/aromatic N) is 1. The SMILES string of the molecule is Oc1cccnc1-c1cccc(F)c1F. The molecule has 0 radical (unpaired) electrons. The summed E-state index contributed by atoms with van der Waals surface area (Å²) in [5.41, 5.74) is -0.0115. The second-order valence-electron chi connectivity index (χ2n) is 2.97. The van der Waals surface area contributed by atoms with E-state index in [1.165, 1.54) is 30.5 Å². The van der Waals surface area contributed by atoms with E-state index >= 15 is 0 Å². The summed E-state index contributed by atoms with van der Waals surface area (Å²) in [4.78, 5) is 3.79. The van der Waals surface area contributed by atoms with Crippen LogP contribution in [0.3, 0.4) is 0 Å². The normalized spacial score (nSPS) is 10.3. The van der Waals surface area contributed by atoms with Crippen molar-refractivity contribution in [1.29, 1.82) is 0 Å². The van der Waals surface area contributed by atoms with Gasteiger partial charge >= 0.3 is 0 Å². The Kier molecular flexibility index (Phi) is 2.33. The van der Waals surface area contributed by atoms with Gasteiger partial charge in [-0.1, -0.05) is 6.07 Å². The minimum atomic E-state index is -1.01. The summed E-state index contributed by atoms with van der Waals surface area (Å²) < 4.78 is 26.3. The Morgan fingerprint density at radius 1 is 1.07 bits per heavy atom. The van der Waals surface area contributed by atoms with Crippen molar-refractivity contribution in [3.8, 4) is 17.0 Å². The lowest BCUT2D eigenvalue weighted by atomic mass is 10.1. The molecule has 0 saturated carbocycles. The molecule has 0 aliphatic rings. The summed E-state index contributed by atoms with van der Waals surface area (Å²) in [6.07, 6.45) is 1.40. The van der Waals surface area contributed by atoms with Gasteiger partial charge in [0.1, 0.15) is 11.4 Å². The van der Waals surface area contributed by atoms with E-state index in [0.29, 0.717) is 0 Å². The lowest BCUT2D eigenvalue weighted by Crippen LogP contribution is -1.91. The van der Waals surface area contributed by atoms with Gasteiger partial charge in [-0.25, -0.2) is 8.78 Å². The molecule has 2 nitrogen and oxygen atoms in total. The lowest BCUT2D eigenvalue weighted by molar-refractivity contribution is 0.472. The molecule has 1 aromatic heterocycles. The largest absolute Gasteiger partial charge is 0.506 e. The lowest BCUT2D eigenvalue weighted by Gasteiger charge is -2.04. The molecule has 1 heterocycles. The number of aromatic hydroxyl groups is 1. The van der Waals surface area contributed by atoms with Crippen LogP contribution in [0.15, 0.2) is 36.5 Å². The van der Waals surface area contributed by atoms with Gasteiger partial charge in [-0.15, -0.1) is 0 Å². The number of benzene rings is 1. The number of hydrogen-bond acceptors (Lipinski definition) is 2. The van der Waals surface area contributed by atoms with Crippen molar-refractivity contribution in [3.63, 3.8) is 0 Å². The number of rotatable bonds is 1. The molecule has 76 valence electrons. The third-order valence-corrected chi connectivity index (χ3v) is 1.99. The zero-order valence-corrected chi connectivity index (χ0v) is 7.61. The van der Waals surface area contributed by atoms with Crippen LogP contribution in [-0.4, -0.2) is 10.1 Å². The van der Waals surface area contributed by atoms with Gasteiger partial charge in [-0.05, 0) is 24.3 Å². The van der Waals surface area contributed by atoms with E-state index in [-0.39, 0.29) is 17.0 Å². The Hall–Kier alpha value is -1.97. The minimum absolute atomic E-state index is 0.0366. The van der Waals surface area contributed by atoms with Crippen molar-refractivity contribution in [1.82, 2.24) is 4.98 Å². The molecule has 2 rings (SSSR count). The monoisotopic (exact) mass is 207 g/mol. The van der Waals surface area contributed by atoms with Gasteiger partial charge in [-0.3, -0.25) is 4.98 Å². The van der Waals surface area contributed by atoms with Crippen LogP contribution in [0.5, 0.6) is 5.75 Å². The maximum absolute atomic E-state index is 13.3. The maximum Gasteiger partial charge on any atom is 0.168 e. The first kappa shape index (κ1) is 9.58. The highest BCUT2D eigenvalue weighted by Gasteiger charge is 2.13. The van der Waals surface area contributed by atoms with Gasteiger partial charge in [0.25, 0.3) is 0 Å². The van der Waals surface area contributed by atoms with Crippen LogP contribution in [-0.2, 0) is 0 Å². The van der Waals surface area contributed by atoms with Gasteiger partial charge in [0.2, 0.25) is 0 Å². The topological polar surface area (TPSA) is 33.1 Å². The smallest absolute Gasteiger partial charge is 0.168 e. The minimum Gasteiger partial charge on any atom is -0.506 e. The van der Waals surface area contributed by atoms with Crippen molar-refractivity contribution < 1.29 is 13.9 Å². The van der Waals surface area contributed by atoms with E-state index in [0.717, 1.165) is 6.07 Å². The van der Waals surface area contributed by atoms with Crippen LogP contribution < -0.4 is 0 Å². The van der Waals surface area contributed by atoms with E-state index in [1.807, 2.05) is 0 Å². The molecule has 4 heteroatoms. The Bertz CT molecular complexity index is 500. The molecule has 0 aliphatic carbocycles. The molecule has 0 bridgehead atoms. The van der Waals surface area contributed by atoms with Crippen LogP contribution in [0, 0.1) is 11.6 Å². The van der Waals surface area contributed by atoms with E-state index in [9.17, 15) is 13.9 Å². The van der Waals surface area contributed by atoms with E-state index in [2.05, 4.69) is 4.98 Å². The Labute approximate surface area is 84.8 Å². The fourth-order valence-electron chi connectivity index (χ4n) is 1.29. The zero-order valence-electron chi connectivity index (χ0n) is 7.61. The summed E-state index contributed by atoms with van der Waals surface area (Å²) in [6, 6.07) is 6.61. The first-order valence-corrected chi connectivity index (χ1v) is 4.28. The van der Waals surface area contributed by atoms with E-state index < -0.39 is 11.6 Å². The molecule has 1 aromatic carbocycles. The average Bonchev–Trinajstić information content (AvgIpc) is 2.23. The second kappa shape index (κ2) is 3.65. The summed E-state index contributed by atoms with van der Waals surface area (Å²) in [6.45, 7) is 0. The van der Waals surface area contributed by atoms with Crippen LogP contribution in [0.1, 0.15) is 0 Å². The summed E-state index contributed by atoms with van der Waals surface area (Å²) in [7, 11) is 0. The Morgan fingerprint density at radius 2 is 1.87 bits per heavy atom. The molecule has 0 aliphatic heterocycles. The third-order valence-electron chi connectivity index (χ3n) is 1.99. The molecule has 0 unspecified atom stereocenters. The van der Waals surface area contributed by atoms with Crippen LogP contribution in [0.4, 0.5) is 8.78 Å². The van der Waals surface area contributed by atoms with Crippen molar-refractivity contribution in [3.05, 3.63) is 48.2 Å². The van der Waals surface area contributed by atoms with Gasteiger partial charge < -0.3 is 5.11 Å². The summed E-state index contributed by atoms with van der Waals surface area (Å²) in [5, 5.41) is 9.43. The molecule has 0 saturated heterocycles.